The molecule has 4 rings (SSSR count). The van der Waals surface area contributed by atoms with E-state index in [2.05, 4.69) is 16.9 Å². The molecule has 29 heavy (non-hydrogen) atoms. The molecular weight excluding hydrogens is 369 g/mol. The van der Waals surface area contributed by atoms with Crippen molar-refractivity contribution in [2.45, 2.75) is 38.6 Å². The zero-order valence-corrected chi connectivity index (χ0v) is 16.2. The van der Waals surface area contributed by atoms with Crippen LogP contribution in [-0.2, 0) is 6.54 Å². The van der Waals surface area contributed by atoms with Gasteiger partial charge in [-0.25, -0.2) is 9.37 Å². The van der Waals surface area contributed by atoms with E-state index in [9.17, 15) is 14.0 Å². The lowest BCUT2D eigenvalue weighted by Gasteiger charge is -2.14. The van der Waals surface area contributed by atoms with E-state index in [1.165, 1.54) is 16.7 Å². The number of pyridine rings is 2. The number of carbonyl (C=O) groups is 1. The number of carbonyl (C=O) groups excluding carboxylic acids is 1. The summed E-state index contributed by atoms with van der Waals surface area (Å²) in [6.07, 6.45) is 4.65. The van der Waals surface area contributed by atoms with Crippen LogP contribution in [0, 0.1) is 5.82 Å². The van der Waals surface area contributed by atoms with Crippen molar-refractivity contribution >= 4 is 16.9 Å². The van der Waals surface area contributed by atoms with Gasteiger partial charge in [0.05, 0.1) is 6.54 Å². The molecule has 1 aliphatic rings. The molecule has 5 nitrogen and oxygen atoms in total. The molecule has 0 unspecified atom stereocenters. The van der Waals surface area contributed by atoms with E-state index < -0.39 is 11.5 Å². The fourth-order valence-electron chi connectivity index (χ4n) is 3.32. The molecule has 0 aliphatic heterocycles. The fourth-order valence-corrected chi connectivity index (χ4v) is 3.32. The molecule has 1 aliphatic carbocycles. The van der Waals surface area contributed by atoms with Crippen LogP contribution in [0.5, 0.6) is 0 Å². The van der Waals surface area contributed by atoms with Gasteiger partial charge < -0.3 is 5.32 Å². The van der Waals surface area contributed by atoms with Crippen molar-refractivity contribution in [1.29, 1.82) is 0 Å². The Hall–Kier alpha value is -3.28. The first-order valence-corrected chi connectivity index (χ1v) is 9.73. The number of nitrogens with zero attached hydrogens (tertiary/aromatic N) is 2. The van der Waals surface area contributed by atoms with E-state index in [1.54, 1.807) is 24.4 Å². The molecule has 1 amide bonds. The third-order valence-corrected chi connectivity index (χ3v) is 5.21. The summed E-state index contributed by atoms with van der Waals surface area (Å²) >= 11 is 0. The summed E-state index contributed by atoms with van der Waals surface area (Å²) < 4.78 is 14.7. The fraction of sp³-hybridized carbons (Fsp3) is 0.261. The van der Waals surface area contributed by atoms with Crippen molar-refractivity contribution in [3.63, 3.8) is 0 Å². The van der Waals surface area contributed by atoms with Crippen LogP contribution < -0.4 is 10.9 Å². The lowest BCUT2D eigenvalue weighted by atomic mass is 10.1. The minimum absolute atomic E-state index is 0.0453. The molecule has 0 spiro atoms. The van der Waals surface area contributed by atoms with E-state index >= 15 is 0 Å². The largest absolute Gasteiger partial charge is 0.326 e. The smallest absolute Gasteiger partial charge is 0.265 e. The highest BCUT2D eigenvalue weighted by molar-refractivity contribution is 5.97. The zero-order valence-electron chi connectivity index (χ0n) is 16.2. The molecule has 1 saturated carbocycles. The van der Waals surface area contributed by atoms with Gasteiger partial charge >= 0.3 is 0 Å². The molecule has 1 fully saturated rings. The number of hydrogen-bond acceptors (Lipinski definition) is 3. The molecule has 6 heteroatoms. The van der Waals surface area contributed by atoms with Crippen molar-refractivity contribution < 1.29 is 9.18 Å². The number of rotatable bonds is 6. The number of hydrogen-bond donors (Lipinski definition) is 1. The number of amides is 1. The summed E-state index contributed by atoms with van der Waals surface area (Å²) in [6, 6.07) is 9.56. The molecule has 1 N–H and O–H groups in total. The summed E-state index contributed by atoms with van der Waals surface area (Å²) in [5, 5.41) is 3.42. The second kappa shape index (κ2) is 7.62. The van der Waals surface area contributed by atoms with Crippen molar-refractivity contribution in [2.24, 2.45) is 0 Å². The predicted molar refractivity (Wildman–Crippen MR) is 110 cm³/mol. The number of aromatic nitrogens is 2. The van der Waals surface area contributed by atoms with Crippen LogP contribution >= 0.6 is 0 Å². The maximum atomic E-state index is 13.3. The average Bonchev–Trinajstić information content (AvgIpc) is 3.56. The average molecular weight is 391 g/mol. The van der Waals surface area contributed by atoms with Gasteiger partial charge in [0.15, 0.2) is 0 Å². The molecule has 1 aromatic carbocycles. The van der Waals surface area contributed by atoms with Gasteiger partial charge in [-0.2, -0.15) is 0 Å². The number of benzene rings is 1. The highest BCUT2D eigenvalue weighted by Crippen LogP contribution is 2.40. The van der Waals surface area contributed by atoms with Crippen LogP contribution in [0.25, 0.3) is 11.0 Å². The molecule has 2 aromatic heterocycles. The third-order valence-electron chi connectivity index (χ3n) is 5.21. The summed E-state index contributed by atoms with van der Waals surface area (Å²) in [7, 11) is 0. The van der Waals surface area contributed by atoms with E-state index in [0.29, 0.717) is 23.7 Å². The van der Waals surface area contributed by atoms with Crippen molar-refractivity contribution in [3.8, 4) is 0 Å². The Balaban J connectivity index is 1.84. The Bertz CT molecular complexity index is 1160. The van der Waals surface area contributed by atoms with Gasteiger partial charge in [-0.05, 0) is 60.6 Å². The first-order valence-electron chi connectivity index (χ1n) is 9.73. The van der Waals surface area contributed by atoms with Gasteiger partial charge in [0.2, 0.25) is 0 Å². The number of nitrogens with one attached hydrogen (secondary N) is 1. The first kappa shape index (κ1) is 19.1. The second-order valence-corrected chi connectivity index (χ2v) is 7.44. The maximum Gasteiger partial charge on any atom is 0.265 e. The zero-order chi connectivity index (χ0) is 20.5. The number of fused-ring (bicyclic) bond motifs is 1. The van der Waals surface area contributed by atoms with E-state index in [1.807, 2.05) is 13.0 Å². The second-order valence-electron chi connectivity index (χ2n) is 7.44. The van der Waals surface area contributed by atoms with E-state index in [-0.39, 0.29) is 17.9 Å². The molecule has 0 saturated heterocycles. The van der Waals surface area contributed by atoms with Crippen LogP contribution in [-0.4, -0.2) is 15.5 Å². The van der Waals surface area contributed by atoms with Gasteiger partial charge in [-0.15, -0.1) is 0 Å². The monoisotopic (exact) mass is 391 g/mol. The number of halogens is 1. The highest BCUT2D eigenvalue weighted by atomic mass is 19.1. The summed E-state index contributed by atoms with van der Waals surface area (Å²) in [4.78, 5) is 30.4. The van der Waals surface area contributed by atoms with Crippen LogP contribution in [0.1, 0.15) is 53.6 Å². The molecule has 0 radical (unpaired) electrons. The van der Waals surface area contributed by atoms with Gasteiger partial charge in [-0.3, -0.25) is 14.2 Å². The summed E-state index contributed by atoms with van der Waals surface area (Å²) in [6.45, 7) is 5.86. The minimum atomic E-state index is -0.478. The van der Waals surface area contributed by atoms with Crippen molar-refractivity contribution in [2.75, 3.05) is 0 Å². The Kier molecular flexibility index (Phi) is 5.01. The summed E-state index contributed by atoms with van der Waals surface area (Å²) in [5.74, 6) is -0.320. The van der Waals surface area contributed by atoms with Gasteiger partial charge in [-0.1, -0.05) is 25.6 Å². The van der Waals surface area contributed by atoms with Crippen LogP contribution in [0.3, 0.4) is 0 Å². The van der Waals surface area contributed by atoms with Gasteiger partial charge in [0, 0.05) is 17.3 Å². The Morgan fingerprint density at radius 3 is 2.66 bits per heavy atom. The van der Waals surface area contributed by atoms with E-state index in [0.717, 1.165) is 29.4 Å². The molecular formula is C23H22FN3O2. The lowest BCUT2D eigenvalue weighted by Crippen LogP contribution is -2.33. The molecule has 2 heterocycles. The Morgan fingerprint density at radius 2 is 2.00 bits per heavy atom. The lowest BCUT2D eigenvalue weighted by molar-refractivity contribution is 0.0963. The van der Waals surface area contributed by atoms with Gasteiger partial charge in [0.25, 0.3) is 11.5 Å². The first-order chi connectivity index (χ1) is 14.0. The van der Waals surface area contributed by atoms with Crippen molar-refractivity contribution in [1.82, 2.24) is 14.9 Å². The predicted octanol–water partition coefficient (Wildman–Crippen LogP) is 4.11. The van der Waals surface area contributed by atoms with Gasteiger partial charge in [0.1, 0.15) is 17.0 Å². The summed E-state index contributed by atoms with van der Waals surface area (Å²) in [5.41, 5.74) is 2.53. The Morgan fingerprint density at radius 1 is 1.28 bits per heavy atom. The highest BCUT2D eigenvalue weighted by Gasteiger charge is 2.25. The Labute approximate surface area is 167 Å². The third kappa shape index (κ3) is 3.97. The van der Waals surface area contributed by atoms with Crippen LogP contribution in [0.4, 0.5) is 4.39 Å². The van der Waals surface area contributed by atoms with Crippen molar-refractivity contribution in [3.05, 3.63) is 87.7 Å². The molecule has 148 valence electrons. The normalized spacial score (nSPS) is 13.4. The maximum absolute atomic E-state index is 13.3. The topological polar surface area (TPSA) is 64.0 Å². The van der Waals surface area contributed by atoms with Crippen LogP contribution in [0.2, 0.25) is 0 Å². The molecule has 0 atom stereocenters. The molecule has 3 aromatic rings. The minimum Gasteiger partial charge on any atom is -0.326 e. The molecule has 0 bridgehead atoms. The quantitative estimate of drug-likeness (QED) is 0.688. The van der Waals surface area contributed by atoms with E-state index in [4.69, 9.17) is 0 Å². The SMILES string of the molecule is C=C(CC)NC(=O)c1cc2cc(C3CC3)cnc2n(Cc2ccc(F)cc2)c1=O. The standard InChI is InChI=1S/C23H22FN3O2/c1-3-14(2)26-22(28)20-11-17-10-18(16-6-7-16)12-25-21(17)27(23(20)29)13-15-4-8-19(24)9-5-15/h4-5,8-12,16H,2-3,6-7,13H2,1H3,(H,26,28). The number of allylic oxidation sites excluding steroid dienone is 1. The van der Waals surface area contributed by atoms with Crippen LogP contribution in [0.15, 0.2) is 59.7 Å².